The van der Waals surface area contributed by atoms with Crippen LogP contribution in [0.5, 0.6) is 5.75 Å². The smallest absolute Gasteiger partial charge is 0.262 e. The summed E-state index contributed by atoms with van der Waals surface area (Å²) in [6, 6.07) is 10.0. The molecule has 0 spiro atoms. The highest BCUT2D eigenvalue weighted by molar-refractivity contribution is 7.92. The summed E-state index contributed by atoms with van der Waals surface area (Å²) in [5, 5.41) is 0. The van der Waals surface area contributed by atoms with Gasteiger partial charge in [0.05, 0.1) is 17.7 Å². The van der Waals surface area contributed by atoms with Crippen molar-refractivity contribution in [2.75, 3.05) is 17.6 Å². The molecule has 0 heterocycles. The molecule has 0 aliphatic carbocycles. The Balaban J connectivity index is 2.45. The number of rotatable bonds is 4. The van der Waals surface area contributed by atoms with Crippen LogP contribution in [-0.2, 0) is 10.0 Å². The highest BCUT2D eigenvalue weighted by Gasteiger charge is 2.20. The Morgan fingerprint density at radius 3 is 2.24 bits per heavy atom. The Hall–Kier alpha value is -2.21. The van der Waals surface area contributed by atoms with E-state index in [1.807, 2.05) is 0 Å². The molecule has 0 saturated heterocycles. The zero-order valence-corrected chi connectivity index (χ0v) is 13.0. The van der Waals surface area contributed by atoms with E-state index in [4.69, 9.17) is 10.5 Å². The first-order chi connectivity index (χ1) is 9.83. The van der Waals surface area contributed by atoms with E-state index in [9.17, 15) is 8.42 Å². The first-order valence-corrected chi connectivity index (χ1v) is 7.85. The number of hydrogen-bond acceptors (Lipinski definition) is 4. The molecule has 0 amide bonds. The fourth-order valence-corrected chi connectivity index (χ4v) is 3.77. The lowest BCUT2D eigenvalue weighted by Gasteiger charge is -2.14. The van der Waals surface area contributed by atoms with Crippen molar-refractivity contribution < 1.29 is 13.2 Å². The number of anilines is 2. The number of hydrogen-bond donors (Lipinski definition) is 2. The van der Waals surface area contributed by atoms with Gasteiger partial charge in [-0.2, -0.15) is 0 Å². The molecule has 0 unspecified atom stereocenters. The second-order valence-corrected chi connectivity index (χ2v) is 6.44. The van der Waals surface area contributed by atoms with Crippen molar-refractivity contribution in [3.05, 3.63) is 47.5 Å². The van der Waals surface area contributed by atoms with Gasteiger partial charge >= 0.3 is 0 Å². The van der Waals surface area contributed by atoms with Gasteiger partial charge in [0.25, 0.3) is 10.0 Å². The van der Waals surface area contributed by atoms with Gasteiger partial charge in [-0.1, -0.05) is 6.07 Å². The molecule has 0 bridgehead atoms. The van der Waals surface area contributed by atoms with Crippen LogP contribution in [0.15, 0.2) is 41.3 Å². The summed E-state index contributed by atoms with van der Waals surface area (Å²) in [6.07, 6.45) is 0. The molecule has 0 aliphatic rings. The van der Waals surface area contributed by atoms with Gasteiger partial charge < -0.3 is 10.5 Å². The lowest BCUT2D eigenvalue weighted by Crippen LogP contribution is -2.16. The van der Waals surface area contributed by atoms with E-state index in [2.05, 4.69) is 4.72 Å². The number of aryl methyl sites for hydroxylation is 2. The van der Waals surface area contributed by atoms with E-state index in [0.717, 1.165) is 0 Å². The average molecular weight is 306 g/mol. The molecule has 2 aromatic rings. The quantitative estimate of drug-likeness (QED) is 0.851. The van der Waals surface area contributed by atoms with Crippen LogP contribution in [-0.4, -0.2) is 15.5 Å². The minimum Gasteiger partial charge on any atom is -0.497 e. The average Bonchev–Trinajstić information content (AvgIpc) is 2.36. The molecule has 2 aromatic carbocycles. The standard InChI is InChI=1S/C15H18N2O3S/c1-10-7-14(20-3)8-11(2)15(10)21(18,19)17-13-6-4-5-12(16)9-13/h4-9,17H,16H2,1-3H3. The maximum Gasteiger partial charge on any atom is 0.262 e. The van der Waals surface area contributed by atoms with Gasteiger partial charge in [-0.3, -0.25) is 4.72 Å². The SMILES string of the molecule is COc1cc(C)c(S(=O)(=O)Nc2cccc(N)c2)c(C)c1. The van der Waals surface area contributed by atoms with E-state index >= 15 is 0 Å². The van der Waals surface area contributed by atoms with Gasteiger partial charge in [0.1, 0.15) is 5.75 Å². The molecule has 112 valence electrons. The maximum absolute atomic E-state index is 12.6. The molecule has 0 aliphatic heterocycles. The Kier molecular flexibility index (Phi) is 4.09. The van der Waals surface area contributed by atoms with E-state index in [-0.39, 0.29) is 4.90 Å². The molecule has 5 nitrogen and oxygen atoms in total. The molecule has 0 atom stereocenters. The van der Waals surface area contributed by atoms with Gasteiger partial charge in [0, 0.05) is 5.69 Å². The molecule has 0 saturated carbocycles. The normalized spacial score (nSPS) is 11.2. The predicted octanol–water partition coefficient (Wildman–Crippen LogP) is 2.70. The zero-order valence-electron chi connectivity index (χ0n) is 12.2. The summed E-state index contributed by atoms with van der Waals surface area (Å²) in [5.74, 6) is 0.632. The van der Waals surface area contributed by atoms with Crippen LogP contribution >= 0.6 is 0 Å². The minimum atomic E-state index is -3.68. The zero-order chi connectivity index (χ0) is 15.6. The number of nitrogens with one attached hydrogen (secondary N) is 1. The van der Waals surface area contributed by atoms with Crippen LogP contribution in [0.3, 0.4) is 0 Å². The van der Waals surface area contributed by atoms with Crippen molar-refractivity contribution in [1.29, 1.82) is 0 Å². The summed E-state index contributed by atoms with van der Waals surface area (Å²) in [7, 11) is -2.13. The van der Waals surface area contributed by atoms with E-state index in [1.54, 1.807) is 57.4 Å². The predicted molar refractivity (Wildman–Crippen MR) is 84.1 cm³/mol. The summed E-state index contributed by atoms with van der Waals surface area (Å²) in [6.45, 7) is 3.48. The molecule has 0 aromatic heterocycles. The summed E-state index contributed by atoms with van der Waals surface area (Å²) in [5.41, 5.74) is 7.85. The van der Waals surface area contributed by atoms with Gasteiger partial charge in [-0.05, 0) is 55.3 Å². The fraction of sp³-hybridized carbons (Fsp3) is 0.200. The Labute approximate surface area is 124 Å². The summed E-state index contributed by atoms with van der Waals surface area (Å²) in [4.78, 5) is 0.255. The van der Waals surface area contributed by atoms with Gasteiger partial charge in [-0.25, -0.2) is 8.42 Å². The summed E-state index contributed by atoms with van der Waals surface area (Å²) < 4.78 is 32.8. The van der Waals surface area contributed by atoms with E-state index < -0.39 is 10.0 Å². The highest BCUT2D eigenvalue weighted by atomic mass is 32.2. The Bertz CT molecular complexity index is 747. The first kappa shape index (κ1) is 15.2. The molecule has 0 radical (unpaired) electrons. The molecule has 2 rings (SSSR count). The third kappa shape index (κ3) is 3.28. The third-order valence-electron chi connectivity index (χ3n) is 3.08. The number of nitrogen functional groups attached to an aromatic ring is 1. The van der Waals surface area contributed by atoms with Crippen molar-refractivity contribution in [3.8, 4) is 5.75 Å². The van der Waals surface area contributed by atoms with Crippen LogP contribution in [0.25, 0.3) is 0 Å². The second kappa shape index (κ2) is 5.65. The van der Waals surface area contributed by atoms with Crippen LogP contribution < -0.4 is 15.2 Å². The molecule has 21 heavy (non-hydrogen) atoms. The molecule has 6 heteroatoms. The highest BCUT2D eigenvalue weighted by Crippen LogP contribution is 2.27. The number of methoxy groups -OCH3 is 1. The molecular formula is C15H18N2O3S. The molecule has 0 fully saturated rings. The van der Waals surface area contributed by atoms with E-state index in [1.165, 1.54) is 0 Å². The lowest BCUT2D eigenvalue weighted by molar-refractivity contribution is 0.413. The largest absolute Gasteiger partial charge is 0.497 e. The minimum absolute atomic E-state index is 0.255. The molecule has 3 N–H and O–H groups in total. The van der Waals surface area contributed by atoms with Crippen molar-refractivity contribution >= 4 is 21.4 Å². The van der Waals surface area contributed by atoms with Crippen molar-refractivity contribution in [3.63, 3.8) is 0 Å². The van der Waals surface area contributed by atoms with Gasteiger partial charge in [-0.15, -0.1) is 0 Å². The topological polar surface area (TPSA) is 81.4 Å². The van der Waals surface area contributed by atoms with Crippen LogP contribution in [0, 0.1) is 13.8 Å². The van der Waals surface area contributed by atoms with E-state index in [0.29, 0.717) is 28.3 Å². The van der Waals surface area contributed by atoms with Gasteiger partial charge in [0.15, 0.2) is 0 Å². The van der Waals surface area contributed by atoms with Gasteiger partial charge in [0.2, 0.25) is 0 Å². The fourth-order valence-electron chi connectivity index (χ4n) is 2.26. The Morgan fingerprint density at radius 1 is 1.10 bits per heavy atom. The van der Waals surface area contributed by atoms with Crippen molar-refractivity contribution in [2.24, 2.45) is 0 Å². The molecular weight excluding hydrogens is 288 g/mol. The van der Waals surface area contributed by atoms with Crippen molar-refractivity contribution in [1.82, 2.24) is 0 Å². The number of nitrogens with two attached hydrogens (primary N) is 1. The van der Waals surface area contributed by atoms with Crippen LogP contribution in [0.2, 0.25) is 0 Å². The third-order valence-corrected chi connectivity index (χ3v) is 4.76. The summed E-state index contributed by atoms with van der Waals surface area (Å²) >= 11 is 0. The first-order valence-electron chi connectivity index (χ1n) is 6.37. The van der Waals surface area contributed by atoms with Crippen molar-refractivity contribution in [2.45, 2.75) is 18.7 Å². The number of benzene rings is 2. The van der Waals surface area contributed by atoms with Crippen LogP contribution in [0.4, 0.5) is 11.4 Å². The second-order valence-electron chi connectivity index (χ2n) is 4.82. The number of sulfonamides is 1. The maximum atomic E-state index is 12.6. The number of ether oxygens (including phenoxy) is 1. The lowest BCUT2D eigenvalue weighted by atomic mass is 10.1. The Morgan fingerprint density at radius 2 is 1.71 bits per heavy atom. The monoisotopic (exact) mass is 306 g/mol. The van der Waals surface area contributed by atoms with Crippen LogP contribution in [0.1, 0.15) is 11.1 Å².